The van der Waals surface area contributed by atoms with Gasteiger partial charge in [-0.25, -0.2) is 4.79 Å². The second-order valence-electron chi connectivity index (χ2n) is 12.5. The van der Waals surface area contributed by atoms with Crippen LogP contribution in [0.5, 0.6) is 0 Å². The molecule has 11 heteroatoms. The number of Topliss-reactive ketones (excluding diaryl/α,β-unsaturated/α-hetero) is 1. The van der Waals surface area contributed by atoms with E-state index >= 15 is 0 Å². The van der Waals surface area contributed by atoms with E-state index in [1.807, 2.05) is 6.92 Å². The Kier molecular flexibility index (Phi) is 6.11. The smallest absolute Gasteiger partial charge is 0.408 e. The molecule has 4 aliphatic rings. The number of hydrogen-bond donors (Lipinski definition) is 3. The predicted molar refractivity (Wildman–Crippen MR) is 132 cm³/mol. The number of aromatic nitrogens is 2. The Morgan fingerprint density at radius 3 is 2.49 bits per heavy atom. The summed E-state index contributed by atoms with van der Waals surface area (Å²) in [7, 11) is 0. The van der Waals surface area contributed by atoms with E-state index in [-0.39, 0.29) is 45.6 Å². The molecule has 214 valence electrons. The normalized spacial score (nSPS) is 38.7. The van der Waals surface area contributed by atoms with Crippen molar-refractivity contribution in [3.63, 3.8) is 0 Å². The van der Waals surface area contributed by atoms with Crippen LogP contribution in [0.25, 0.3) is 0 Å². The highest BCUT2D eigenvalue weighted by molar-refractivity contribution is 5.96. The molecule has 4 aliphatic carbocycles. The van der Waals surface area contributed by atoms with Gasteiger partial charge >= 0.3 is 12.1 Å². The third kappa shape index (κ3) is 3.65. The van der Waals surface area contributed by atoms with E-state index in [1.165, 1.54) is 13.8 Å². The lowest BCUT2D eigenvalue weighted by Gasteiger charge is -2.48. The lowest BCUT2D eigenvalue weighted by Crippen LogP contribution is -2.65. The molecule has 1 aromatic rings. The predicted octanol–water partition coefficient (Wildman–Crippen LogP) is 3.06. The Hall–Kier alpha value is -2.50. The number of ether oxygens (including phenoxy) is 1. The number of rotatable bonds is 4. The number of hydrogen-bond acceptors (Lipinski definition) is 7. The number of esters is 1. The first-order chi connectivity index (χ1) is 17.9. The van der Waals surface area contributed by atoms with Crippen LogP contribution in [0.4, 0.5) is 13.2 Å². The SMILES string of the molecule is CC1=CC23C(=O)[C@@H](C=C(CO)[C@@H](O)[C@]2(O)[C@H]1OC(=O)c1c(C)nn(CC(F)(F)F)c1C)[C@H]1[C@@H](CC3C)C1(C)C. The topological polar surface area (TPSA) is 122 Å². The van der Waals surface area contributed by atoms with Crippen LogP contribution < -0.4 is 0 Å². The minimum Gasteiger partial charge on any atom is -0.451 e. The molecule has 3 N–H and O–H groups in total. The van der Waals surface area contributed by atoms with Crippen molar-refractivity contribution in [2.75, 3.05) is 6.61 Å². The summed E-state index contributed by atoms with van der Waals surface area (Å²) in [5, 5.41) is 38.1. The molecule has 39 heavy (non-hydrogen) atoms. The quantitative estimate of drug-likeness (QED) is 0.388. The molecule has 8 atom stereocenters. The fourth-order valence-corrected chi connectivity index (χ4v) is 8.08. The van der Waals surface area contributed by atoms with Gasteiger partial charge in [-0.1, -0.05) is 32.9 Å². The summed E-state index contributed by atoms with van der Waals surface area (Å²) in [6.07, 6.45) is -4.01. The van der Waals surface area contributed by atoms with Crippen molar-refractivity contribution in [3.05, 3.63) is 40.2 Å². The lowest BCUT2D eigenvalue weighted by molar-refractivity contribution is -0.190. The van der Waals surface area contributed by atoms with Crippen molar-refractivity contribution >= 4 is 11.8 Å². The van der Waals surface area contributed by atoms with Gasteiger partial charge in [0.1, 0.15) is 18.2 Å². The van der Waals surface area contributed by atoms with Crippen LogP contribution in [0.1, 0.15) is 55.9 Å². The highest BCUT2D eigenvalue weighted by Gasteiger charge is 2.76. The molecular formula is C28H35F3N2O6. The van der Waals surface area contributed by atoms with Gasteiger partial charge in [0.2, 0.25) is 0 Å². The maximum Gasteiger partial charge on any atom is 0.408 e. The summed E-state index contributed by atoms with van der Waals surface area (Å²) in [5.41, 5.74) is -3.88. The van der Waals surface area contributed by atoms with Crippen molar-refractivity contribution in [2.24, 2.45) is 34.5 Å². The van der Waals surface area contributed by atoms with Gasteiger partial charge in [-0.15, -0.1) is 0 Å². The van der Waals surface area contributed by atoms with Gasteiger partial charge in [0.15, 0.2) is 17.5 Å². The molecule has 8 nitrogen and oxygen atoms in total. The third-order valence-corrected chi connectivity index (χ3v) is 10.0. The highest BCUT2D eigenvalue weighted by atomic mass is 19.4. The van der Waals surface area contributed by atoms with E-state index in [9.17, 15) is 38.1 Å². The minimum atomic E-state index is -4.56. The number of alkyl halides is 3. The largest absolute Gasteiger partial charge is 0.451 e. The summed E-state index contributed by atoms with van der Waals surface area (Å²) in [6, 6.07) is 0. The van der Waals surface area contributed by atoms with Crippen LogP contribution in [0, 0.1) is 48.3 Å². The second kappa shape index (κ2) is 8.50. The first kappa shape index (κ1) is 28.0. The van der Waals surface area contributed by atoms with E-state index < -0.39 is 60.4 Å². The van der Waals surface area contributed by atoms with Crippen LogP contribution in [0.2, 0.25) is 0 Å². The maximum atomic E-state index is 14.4. The molecule has 1 spiro atoms. The first-order valence-electron chi connectivity index (χ1n) is 13.2. The first-order valence-corrected chi connectivity index (χ1v) is 13.2. The van der Waals surface area contributed by atoms with Gasteiger partial charge in [-0.2, -0.15) is 18.3 Å². The molecule has 2 fully saturated rings. The molecule has 0 radical (unpaired) electrons. The van der Waals surface area contributed by atoms with E-state index in [0.717, 1.165) is 0 Å². The maximum absolute atomic E-state index is 14.4. The van der Waals surface area contributed by atoms with E-state index in [4.69, 9.17) is 4.74 Å². The molecule has 0 aliphatic heterocycles. The second-order valence-corrected chi connectivity index (χ2v) is 12.5. The summed E-state index contributed by atoms with van der Waals surface area (Å²) in [5.74, 6) is -2.24. The van der Waals surface area contributed by atoms with Crippen molar-refractivity contribution in [2.45, 2.75) is 78.5 Å². The number of allylic oxidation sites excluding steroid dienone is 1. The number of aliphatic hydroxyl groups excluding tert-OH is 2. The summed E-state index contributed by atoms with van der Waals surface area (Å²) in [6.45, 7) is 8.30. The van der Waals surface area contributed by atoms with Crippen molar-refractivity contribution < 1.29 is 42.8 Å². The van der Waals surface area contributed by atoms with Crippen molar-refractivity contribution in [1.82, 2.24) is 9.78 Å². The number of aryl methyl sites for hydroxylation is 1. The molecule has 1 heterocycles. The zero-order valence-electron chi connectivity index (χ0n) is 22.8. The third-order valence-electron chi connectivity index (χ3n) is 10.0. The fourth-order valence-electron chi connectivity index (χ4n) is 8.08. The summed E-state index contributed by atoms with van der Waals surface area (Å²) in [4.78, 5) is 27.8. The number of aliphatic hydroxyl groups is 3. The monoisotopic (exact) mass is 552 g/mol. The molecule has 0 aromatic carbocycles. The molecule has 0 amide bonds. The van der Waals surface area contributed by atoms with Crippen LogP contribution in [0.15, 0.2) is 23.3 Å². The van der Waals surface area contributed by atoms with Crippen LogP contribution >= 0.6 is 0 Å². The fraction of sp³-hybridized carbons (Fsp3) is 0.679. The van der Waals surface area contributed by atoms with E-state index in [1.54, 1.807) is 19.1 Å². The molecular weight excluding hydrogens is 517 g/mol. The summed E-state index contributed by atoms with van der Waals surface area (Å²) >= 11 is 0. The highest BCUT2D eigenvalue weighted by Crippen LogP contribution is 2.71. The van der Waals surface area contributed by atoms with Crippen molar-refractivity contribution in [1.29, 1.82) is 0 Å². The molecule has 2 unspecified atom stereocenters. The van der Waals surface area contributed by atoms with E-state index in [2.05, 4.69) is 18.9 Å². The Morgan fingerprint density at radius 1 is 1.26 bits per heavy atom. The molecule has 0 saturated heterocycles. The van der Waals surface area contributed by atoms with Gasteiger partial charge in [0.25, 0.3) is 0 Å². The number of nitrogens with zero attached hydrogens (tertiary/aromatic N) is 2. The van der Waals surface area contributed by atoms with Gasteiger partial charge < -0.3 is 20.1 Å². The number of carbonyl (C=O) groups excluding carboxylic acids is 2. The number of carbonyl (C=O) groups is 2. The Balaban J connectivity index is 1.58. The van der Waals surface area contributed by atoms with Gasteiger partial charge in [0, 0.05) is 5.92 Å². The Labute approximate surface area is 224 Å². The standard InChI is InChI=1S/C28H35F3N2O6/c1-12-9-26-13(2)7-18-20(25(18,5)6)17(22(26)36)8-16(10-34)21(35)28(26,38)23(12)39-24(37)19-14(3)32-33(15(19)4)11-27(29,30)31/h8-9,13,17-18,20-21,23,34-35,38H,7,10-11H2,1-6H3/t13?,17-,18+,20-,21+,23-,26?,28-/m0/s1. The Morgan fingerprint density at radius 2 is 1.90 bits per heavy atom. The van der Waals surface area contributed by atoms with Gasteiger partial charge in [-0.05, 0) is 61.5 Å². The number of halogens is 3. The van der Waals surface area contributed by atoms with Crippen LogP contribution in [0.3, 0.4) is 0 Å². The minimum absolute atomic E-state index is 0.0155. The van der Waals surface area contributed by atoms with Gasteiger partial charge in [0.05, 0.1) is 23.4 Å². The van der Waals surface area contributed by atoms with E-state index in [0.29, 0.717) is 16.7 Å². The molecule has 2 saturated carbocycles. The van der Waals surface area contributed by atoms with Crippen LogP contribution in [-0.4, -0.2) is 67.4 Å². The van der Waals surface area contributed by atoms with Gasteiger partial charge in [-0.3, -0.25) is 9.48 Å². The lowest BCUT2D eigenvalue weighted by atomic mass is 9.59. The van der Waals surface area contributed by atoms with Crippen LogP contribution in [-0.2, 0) is 16.1 Å². The van der Waals surface area contributed by atoms with Crippen molar-refractivity contribution in [3.8, 4) is 0 Å². The average Bonchev–Trinajstić information content (AvgIpc) is 3.16. The average molecular weight is 553 g/mol. The number of fused-ring (bicyclic) bond motifs is 3. The number of ketones is 1. The molecule has 1 aromatic heterocycles. The molecule has 5 rings (SSSR count). The Bertz CT molecular complexity index is 1310. The zero-order chi connectivity index (χ0) is 29.0. The summed E-state index contributed by atoms with van der Waals surface area (Å²) < 4.78 is 45.6. The zero-order valence-corrected chi connectivity index (χ0v) is 22.8. The molecule has 2 bridgehead atoms.